The van der Waals surface area contributed by atoms with Gasteiger partial charge in [-0.3, -0.25) is 14.8 Å². The fraction of sp³-hybridized carbons (Fsp3) is 0.632. The average molecular weight is 432 g/mol. The average Bonchev–Trinajstić information content (AvgIpc) is 2.69. The zero-order valence-electron chi connectivity index (χ0n) is 17.1. The first-order valence-electron chi connectivity index (χ1n) is 9.66. The van der Waals surface area contributed by atoms with Crippen molar-refractivity contribution in [1.82, 2.24) is 15.4 Å². The number of nitrogens with one attached hydrogen (secondary N) is 1. The number of carbonyl (C=O) groups is 2. The number of alkyl halides is 3. The van der Waals surface area contributed by atoms with E-state index in [0.29, 0.717) is 18.9 Å². The van der Waals surface area contributed by atoms with Crippen LogP contribution in [0.2, 0.25) is 0 Å². The summed E-state index contributed by atoms with van der Waals surface area (Å²) in [5.74, 6) is -2.08. The van der Waals surface area contributed by atoms with Crippen molar-refractivity contribution < 1.29 is 33.1 Å². The third kappa shape index (κ3) is 5.60. The van der Waals surface area contributed by atoms with Gasteiger partial charge in [0.25, 0.3) is 5.91 Å². The summed E-state index contributed by atoms with van der Waals surface area (Å²) in [5.41, 5.74) is 0.542. The maximum atomic E-state index is 13.0. The molecule has 2 rings (SSSR count). The van der Waals surface area contributed by atoms with Gasteiger partial charge in [-0.05, 0) is 31.4 Å². The number of pyridine rings is 1. The highest BCUT2D eigenvalue weighted by molar-refractivity contribution is 5.89. The van der Waals surface area contributed by atoms with Crippen LogP contribution in [-0.2, 0) is 15.8 Å². The molecule has 3 N–H and O–H groups in total. The normalized spacial score (nSPS) is 19.6. The van der Waals surface area contributed by atoms with Crippen LogP contribution < -0.4 is 10.4 Å². The van der Waals surface area contributed by atoms with E-state index in [1.54, 1.807) is 16.7 Å². The van der Waals surface area contributed by atoms with Crippen molar-refractivity contribution in [1.29, 1.82) is 0 Å². The molecule has 2 amide bonds. The molecule has 8 nitrogen and oxygen atoms in total. The van der Waals surface area contributed by atoms with E-state index < -0.39 is 35.6 Å². The number of nitrogens with zero attached hydrogens (tertiary/aromatic N) is 3. The van der Waals surface area contributed by atoms with Crippen molar-refractivity contribution in [2.45, 2.75) is 45.5 Å². The second-order valence-corrected chi connectivity index (χ2v) is 7.89. The van der Waals surface area contributed by atoms with E-state index in [9.17, 15) is 27.9 Å². The van der Waals surface area contributed by atoms with Gasteiger partial charge in [0, 0.05) is 31.9 Å². The summed E-state index contributed by atoms with van der Waals surface area (Å²) in [4.78, 5) is 31.9. The first kappa shape index (κ1) is 23.9. The Kier molecular flexibility index (Phi) is 7.64. The Labute approximate surface area is 172 Å². The minimum absolute atomic E-state index is 0.0213. The van der Waals surface area contributed by atoms with Crippen molar-refractivity contribution in [3.05, 3.63) is 23.9 Å². The Bertz CT molecular complexity index is 742. The zero-order valence-corrected chi connectivity index (χ0v) is 17.1. The van der Waals surface area contributed by atoms with Crippen LogP contribution in [0.15, 0.2) is 18.3 Å². The fourth-order valence-corrected chi connectivity index (χ4v) is 3.57. The first-order valence-corrected chi connectivity index (χ1v) is 9.66. The second kappa shape index (κ2) is 9.61. The van der Waals surface area contributed by atoms with E-state index in [-0.39, 0.29) is 24.9 Å². The predicted octanol–water partition coefficient (Wildman–Crippen LogP) is 1.67. The third-order valence-corrected chi connectivity index (χ3v) is 5.11. The molecular weight excluding hydrogens is 405 g/mol. The van der Waals surface area contributed by atoms with Crippen molar-refractivity contribution in [2.24, 2.45) is 11.8 Å². The molecule has 0 saturated carbocycles. The highest BCUT2D eigenvalue weighted by Crippen LogP contribution is 2.30. The summed E-state index contributed by atoms with van der Waals surface area (Å²) in [7, 11) is 0. The molecule has 2 heterocycles. The summed E-state index contributed by atoms with van der Waals surface area (Å²) in [6.45, 7) is 6.40. The van der Waals surface area contributed by atoms with Crippen LogP contribution in [0, 0.1) is 11.8 Å². The number of carbonyl (C=O) groups excluding carboxylic acids is 2. The Hall–Kier alpha value is -2.40. The van der Waals surface area contributed by atoms with Crippen LogP contribution in [0.5, 0.6) is 0 Å². The highest BCUT2D eigenvalue weighted by atomic mass is 19.4. The predicted molar refractivity (Wildman–Crippen MR) is 102 cm³/mol. The van der Waals surface area contributed by atoms with Gasteiger partial charge in [0.05, 0.1) is 11.5 Å². The molecule has 0 spiro atoms. The SMILES string of the molecule is CC(C)C[C@H](C(=O)N1CCN(c2ccc(C(F)(F)F)cn2)C[C@H]1C)[C@H](O)C(=O)NO. The van der Waals surface area contributed by atoms with Gasteiger partial charge in [0.1, 0.15) is 11.9 Å². The molecule has 11 heteroatoms. The number of aliphatic hydroxyl groups excluding tert-OH is 1. The van der Waals surface area contributed by atoms with E-state index in [0.717, 1.165) is 12.3 Å². The summed E-state index contributed by atoms with van der Waals surface area (Å²) in [6.07, 6.45) is -5.12. The van der Waals surface area contributed by atoms with Crippen molar-refractivity contribution in [3.63, 3.8) is 0 Å². The number of halogens is 3. The maximum absolute atomic E-state index is 13.0. The molecule has 168 valence electrons. The molecule has 0 aromatic carbocycles. The third-order valence-electron chi connectivity index (χ3n) is 5.11. The van der Waals surface area contributed by atoms with E-state index >= 15 is 0 Å². The molecule has 1 aliphatic rings. The molecule has 1 aliphatic heterocycles. The second-order valence-electron chi connectivity index (χ2n) is 7.89. The molecule has 0 aliphatic carbocycles. The van der Waals surface area contributed by atoms with Gasteiger partial charge in [0.2, 0.25) is 5.91 Å². The van der Waals surface area contributed by atoms with E-state index in [1.165, 1.54) is 11.5 Å². The largest absolute Gasteiger partial charge is 0.417 e. The smallest absolute Gasteiger partial charge is 0.382 e. The summed E-state index contributed by atoms with van der Waals surface area (Å²) in [6, 6.07) is 1.94. The molecule has 1 aromatic rings. The lowest BCUT2D eigenvalue weighted by Gasteiger charge is -2.42. The van der Waals surface area contributed by atoms with Gasteiger partial charge < -0.3 is 14.9 Å². The molecular formula is C19H27F3N4O4. The monoisotopic (exact) mass is 432 g/mol. The van der Waals surface area contributed by atoms with Gasteiger partial charge in [-0.15, -0.1) is 0 Å². The van der Waals surface area contributed by atoms with Crippen LogP contribution >= 0.6 is 0 Å². The Balaban J connectivity index is 2.11. The van der Waals surface area contributed by atoms with Gasteiger partial charge in [-0.1, -0.05) is 13.8 Å². The number of aliphatic hydroxyl groups is 1. The number of hydrogen-bond donors (Lipinski definition) is 3. The number of amides is 2. The molecule has 1 fully saturated rings. The molecule has 0 radical (unpaired) electrons. The highest BCUT2D eigenvalue weighted by Gasteiger charge is 2.38. The van der Waals surface area contributed by atoms with E-state index in [4.69, 9.17) is 5.21 Å². The molecule has 0 bridgehead atoms. The molecule has 1 aromatic heterocycles. The van der Waals surface area contributed by atoms with Crippen molar-refractivity contribution >= 4 is 17.6 Å². The topological polar surface area (TPSA) is 106 Å². The number of aromatic nitrogens is 1. The minimum atomic E-state index is -4.46. The number of hydrogen-bond acceptors (Lipinski definition) is 6. The lowest BCUT2D eigenvalue weighted by Crippen LogP contribution is -2.57. The molecule has 3 atom stereocenters. The standard InChI is InChI=1S/C19H27F3N4O4/c1-11(2)8-14(16(27)17(28)24-30)18(29)26-7-6-25(10-12(26)3)15-5-4-13(9-23-15)19(20,21)22/h4-5,9,11-12,14,16,27,30H,6-8,10H2,1-3H3,(H,24,28)/t12-,14+,16+/m1/s1. The van der Waals surface area contributed by atoms with E-state index in [1.807, 2.05) is 13.8 Å². The Morgan fingerprint density at radius 3 is 2.43 bits per heavy atom. The van der Waals surface area contributed by atoms with Gasteiger partial charge >= 0.3 is 6.18 Å². The zero-order chi connectivity index (χ0) is 22.6. The Morgan fingerprint density at radius 2 is 1.97 bits per heavy atom. The molecule has 30 heavy (non-hydrogen) atoms. The van der Waals surface area contributed by atoms with Crippen LogP contribution in [0.3, 0.4) is 0 Å². The number of rotatable bonds is 6. The number of piperazine rings is 1. The maximum Gasteiger partial charge on any atom is 0.417 e. The lowest BCUT2D eigenvalue weighted by atomic mass is 9.89. The fourth-order valence-electron chi connectivity index (χ4n) is 3.57. The molecule has 1 saturated heterocycles. The van der Waals surface area contributed by atoms with Crippen molar-refractivity contribution in [3.8, 4) is 0 Å². The van der Waals surface area contributed by atoms with Crippen LogP contribution in [0.4, 0.5) is 19.0 Å². The van der Waals surface area contributed by atoms with Gasteiger partial charge in [-0.25, -0.2) is 10.5 Å². The van der Waals surface area contributed by atoms with Crippen LogP contribution in [0.25, 0.3) is 0 Å². The van der Waals surface area contributed by atoms with Crippen molar-refractivity contribution in [2.75, 3.05) is 24.5 Å². The van der Waals surface area contributed by atoms with Gasteiger partial charge in [-0.2, -0.15) is 13.2 Å². The summed E-state index contributed by atoms with van der Waals surface area (Å²) < 4.78 is 38.1. The number of hydroxylamine groups is 1. The van der Waals surface area contributed by atoms with E-state index in [2.05, 4.69) is 4.98 Å². The Morgan fingerprint density at radius 1 is 1.30 bits per heavy atom. The molecule has 0 unspecified atom stereocenters. The minimum Gasteiger partial charge on any atom is -0.382 e. The summed E-state index contributed by atoms with van der Waals surface area (Å²) in [5, 5.41) is 19.0. The lowest BCUT2D eigenvalue weighted by molar-refractivity contribution is -0.152. The quantitative estimate of drug-likeness (QED) is 0.467. The summed E-state index contributed by atoms with van der Waals surface area (Å²) >= 11 is 0. The number of anilines is 1. The van der Waals surface area contributed by atoms with Crippen LogP contribution in [-0.4, -0.2) is 63.8 Å². The van der Waals surface area contributed by atoms with Crippen LogP contribution in [0.1, 0.15) is 32.8 Å². The first-order chi connectivity index (χ1) is 14.0. The van der Waals surface area contributed by atoms with Gasteiger partial charge in [0.15, 0.2) is 0 Å².